The molecule has 0 bridgehead atoms. The molecule has 6 nitrogen and oxygen atoms in total. The van der Waals surface area contributed by atoms with Gasteiger partial charge >= 0.3 is 6.09 Å². The highest BCUT2D eigenvalue weighted by atomic mass is 35.5. The molecule has 3 rings (SSSR count). The van der Waals surface area contributed by atoms with Crippen LogP contribution in [0.1, 0.15) is 31.2 Å². The summed E-state index contributed by atoms with van der Waals surface area (Å²) in [4.78, 5) is 28.6. The minimum absolute atomic E-state index is 0. The topological polar surface area (TPSA) is 61.9 Å². The standard InChI is InChI=1S/C20H28ClN3O3.ClH/c1-27-19(26)24-14-12-23(13-15-24)11-10-22-18(25)20(8-2-3-9-20)16-4-6-17(21)7-5-16;/h4-7H,2-3,8-15H2,1H3,(H,22,25);1H. The number of amides is 2. The number of ether oxygens (including phenoxy) is 1. The first-order chi connectivity index (χ1) is 13.0. The Balaban J connectivity index is 0.00000280. The number of hydrogen-bond donors (Lipinski definition) is 1. The maximum atomic E-state index is 13.0. The van der Waals surface area contributed by atoms with Gasteiger partial charge in [-0.05, 0) is 30.5 Å². The fourth-order valence-corrected chi connectivity index (χ4v) is 4.30. The third-order valence-corrected chi connectivity index (χ3v) is 6.06. The van der Waals surface area contributed by atoms with Gasteiger partial charge in [-0.15, -0.1) is 12.4 Å². The van der Waals surface area contributed by atoms with E-state index in [2.05, 4.69) is 10.2 Å². The van der Waals surface area contributed by atoms with Crippen LogP contribution in [0.4, 0.5) is 4.79 Å². The van der Waals surface area contributed by atoms with Crippen molar-refractivity contribution in [2.24, 2.45) is 0 Å². The number of benzene rings is 1. The minimum atomic E-state index is -0.422. The van der Waals surface area contributed by atoms with Crippen molar-refractivity contribution in [3.63, 3.8) is 0 Å². The lowest BCUT2D eigenvalue weighted by Crippen LogP contribution is -2.51. The zero-order valence-corrected chi connectivity index (χ0v) is 17.9. The molecular formula is C20H29Cl2N3O3. The summed E-state index contributed by atoms with van der Waals surface area (Å²) in [5.41, 5.74) is 0.641. The van der Waals surface area contributed by atoms with E-state index in [1.807, 2.05) is 24.3 Å². The molecule has 1 saturated heterocycles. The van der Waals surface area contributed by atoms with Crippen LogP contribution in [0.15, 0.2) is 24.3 Å². The van der Waals surface area contributed by atoms with Gasteiger partial charge in [0, 0.05) is 44.3 Å². The zero-order chi connectivity index (χ0) is 19.3. The summed E-state index contributed by atoms with van der Waals surface area (Å²) in [5.74, 6) is 0.121. The molecule has 1 aromatic carbocycles. The molecular weight excluding hydrogens is 401 g/mol. The number of rotatable bonds is 5. The third kappa shape index (κ3) is 5.10. The second-order valence-electron chi connectivity index (χ2n) is 7.35. The molecule has 1 heterocycles. The van der Waals surface area contributed by atoms with Crippen molar-refractivity contribution in [1.82, 2.24) is 15.1 Å². The van der Waals surface area contributed by atoms with E-state index in [1.54, 1.807) is 4.90 Å². The van der Waals surface area contributed by atoms with Gasteiger partial charge in [-0.1, -0.05) is 36.6 Å². The number of hydrogen-bond acceptors (Lipinski definition) is 4. The fraction of sp³-hybridized carbons (Fsp3) is 0.600. The molecule has 2 aliphatic rings. The van der Waals surface area contributed by atoms with Gasteiger partial charge in [0.15, 0.2) is 0 Å². The van der Waals surface area contributed by atoms with Gasteiger partial charge in [0.1, 0.15) is 0 Å². The molecule has 2 fully saturated rings. The monoisotopic (exact) mass is 429 g/mol. The van der Waals surface area contributed by atoms with Gasteiger partial charge in [0.2, 0.25) is 5.91 Å². The molecule has 156 valence electrons. The Morgan fingerprint density at radius 2 is 1.71 bits per heavy atom. The number of piperazine rings is 1. The molecule has 0 unspecified atom stereocenters. The molecule has 0 radical (unpaired) electrons. The summed E-state index contributed by atoms with van der Waals surface area (Å²) in [7, 11) is 1.41. The molecule has 1 aliphatic heterocycles. The Morgan fingerprint density at radius 3 is 2.29 bits per heavy atom. The van der Waals surface area contributed by atoms with Crippen LogP contribution in [-0.2, 0) is 14.9 Å². The average Bonchev–Trinajstić information content (AvgIpc) is 3.19. The number of nitrogens with one attached hydrogen (secondary N) is 1. The largest absolute Gasteiger partial charge is 0.453 e. The van der Waals surface area contributed by atoms with Crippen LogP contribution >= 0.6 is 24.0 Å². The number of nitrogens with zero attached hydrogens (tertiary/aromatic N) is 2. The van der Waals surface area contributed by atoms with Crippen molar-refractivity contribution < 1.29 is 14.3 Å². The van der Waals surface area contributed by atoms with Crippen LogP contribution in [0.25, 0.3) is 0 Å². The van der Waals surface area contributed by atoms with Crippen LogP contribution in [0.2, 0.25) is 5.02 Å². The van der Waals surface area contributed by atoms with Crippen molar-refractivity contribution in [3.05, 3.63) is 34.9 Å². The minimum Gasteiger partial charge on any atom is -0.453 e. The number of carbonyl (C=O) groups is 2. The first-order valence-electron chi connectivity index (χ1n) is 9.65. The second-order valence-corrected chi connectivity index (χ2v) is 7.79. The summed E-state index contributed by atoms with van der Waals surface area (Å²) in [6.45, 7) is 4.33. The smallest absolute Gasteiger partial charge is 0.409 e. The van der Waals surface area contributed by atoms with E-state index in [1.165, 1.54) is 7.11 Å². The first kappa shape index (κ1) is 22.8. The van der Waals surface area contributed by atoms with Crippen LogP contribution in [0.3, 0.4) is 0 Å². The maximum Gasteiger partial charge on any atom is 0.409 e. The highest BCUT2D eigenvalue weighted by molar-refractivity contribution is 6.30. The van der Waals surface area contributed by atoms with Gasteiger partial charge in [0.05, 0.1) is 12.5 Å². The summed E-state index contributed by atoms with van der Waals surface area (Å²) in [6.07, 6.45) is 3.65. The number of carbonyl (C=O) groups excluding carboxylic acids is 2. The lowest BCUT2D eigenvalue weighted by atomic mass is 9.78. The van der Waals surface area contributed by atoms with Crippen LogP contribution in [0, 0.1) is 0 Å². The lowest BCUT2D eigenvalue weighted by Gasteiger charge is -2.34. The Morgan fingerprint density at radius 1 is 1.11 bits per heavy atom. The average molecular weight is 430 g/mol. The van der Waals surface area contributed by atoms with E-state index in [9.17, 15) is 9.59 Å². The summed E-state index contributed by atoms with van der Waals surface area (Å²) in [6, 6.07) is 7.70. The molecule has 8 heteroatoms. The Kier molecular flexibility index (Phi) is 8.40. The maximum absolute atomic E-state index is 13.0. The van der Waals surface area contributed by atoms with E-state index in [4.69, 9.17) is 16.3 Å². The Hall–Kier alpha value is -1.50. The van der Waals surface area contributed by atoms with E-state index < -0.39 is 5.41 Å². The van der Waals surface area contributed by atoms with E-state index in [0.29, 0.717) is 24.7 Å². The van der Waals surface area contributed by atoms with Crippen molar-refractivity contribution in [3.8, 4) is 0 Å². The molecule has 2 amide bonds. The summed E-state index contributed by atoms with van der Waals surface area (Å²) in [5, 5.41) is 3.85. The summed E-state index contributed by atoms with van der Waals surface area (Å²) >= 11 is 6.01. The van der Waals surface area contributed by atoms with Crippen LogP contribution in [0.5, 0.6) is 0 Å². The van der Waals surface area contributed by atoms with Crippen molar-refractivity contribution in [2.45, 2.75) is 31.1 Å². The predicted octanol–water partition coefficient (Wildman–Crippen LogP) is 3.07. The SMILES string of the molecule is COC(=O)N1CCN(CCNC(=O)C2(c3ccc(Cl)cc3)CCCC2)CC1.Cl. The molecule has 0 aromatic heterocycles. The van der Waals surface area contributed by atoms with E-state index in [-0.39, 0.29) is 24.4 Å². The molecule has 1 aromatic rings. The molecule has 0 atom stereocenters. The molecule has 0 spiro atoms. The Labute approximate surface area is 177 Å². The molecule has 1 aliphatic carbocycles. The van der Waals surface area contributed by atoms with E-state index in [0.717, 1.165) is 50.9 Å². The second kappa shape index (κ2) is 10.3. The zero-order valence-electron chi connectivity index (χ0n) is 16.3. The molecule has 1 N–H and O–H groups in total. The predicted molar refractivity (Wildman–Crippen MR) is 112 cm³/mol. The van der Waals surface area contributed by atoms with Gasteiger partial charge in [-0.2, -0.15) is 0 Å². The van der Waals surface area contributed by atoms with Crippen LogP contribution in [-0.4, -0.2) is 68.2 Å². The highest BCUT2D eigenvalue weighted by Gasteiger charge is 2.42. The van der Waals surface area contributed by atoms with Gasteiger partial charge < -0.3 is 15.0 Å². The van der Waals surface area contributed by atoms with Crippen molar-refractivity contribution in [1.29, 1.82) is 0 Å². The normalized spacial score (nSPS) is 19.0. The third-order valence-electron chi connectivity index (χ3n) is 5.81. The van der Waals surface area contributed by atoms with Crippen LogP contribution < -0.4 is 5.32 Å². The molecule has 28 heavy (non-hydrogen) atoms. The first-order valence-corrected chi connectivity index (χ1v) is 10.0. The Bertz CT molecular complexity index is 655. The fourth-order valence-electron chi connectivity index (χ4n) is 4.17. The van der Waals surface area contributed by atoms with Gasteiger partial charge in [-0.3, -0.25) is 9.69 Å². The van der Waals surface area contributed by atoms with Gasteiger partial charge in [0.25, 0.3) is 0 Å². The van der Waals surface area contributed by atoms with E-state index >= 15 is 0 Å². The number of halogens is 2. The highest BCUT2D eigenvalue weighted by Crippen LogP contribution is 2.41. The molecule has 1 saturated carbocycles. The van der Waals surface area contributed by atoms with Crippen molar-refractivity contribution >= 4 is 36.0 Å². The van der Waals surface area contributed by atoms with Crippen molar-refractivity contribution in [2.75, 3.05) is 46.4 Å². The lowest BCUT2D eigenvalue weighted by molar-refractivity contribution is -0.126. The number of methoxy groups -OCH3 is 1. The summed E-state index contributed by atoms with van der Waals surface area (Å²) < 4.78 is 4.76. The van der Waals surface area contributed by atoms with Gasteiger partial charge in [-0.25, -0.2) is 4.79 Å². The quantitative estimate of drug-likeness (QED) is 0.780.